The van der Waals surface area contributed by atoms with Gasteiger partial charge in [-0.1, -0.05) is 19.1 Å². The predicted octanol–water partition coefficient (Wildman–Crippen LogP) is 2.64. The molecule has 1 aliphatic rings. The van der Waals surface area contributed by atoms with E-state index in [1.807, 2.05) is 50.1 Å². The molecular weight excluding hydrogens is 300 g/mol. The van der Waals surface area contributed by atoms with E-state index in [1.54, 1.807) is 0 Å². The van der Waals surface area contributed by atoms with Gasteiger partial charge in [0.1, 0.15) is 5.75 Å². The molecule has 0 aliphatic carbocycles. The van der Waals surface area contributed by atoms with Gasteiger partial charge in [-0.15, -0.1) is 12.4 Å². The van der Waals surface area contributed by atoms with Gasteiger partial charge in [0.05, 0.1) is 0 Å². The van der Waals surface area contributed by atoms with Crippen LogP contribution >= 0.6 is 12.4 Å². The lowest BCUT2D eigenvalue weighted by Crippen LogP contribution is -2.40. The lowest BCUT2D eigenvalue weighted by atomic mass is 10.1. The first-order valence-corrected chi connectivity index (χ1v) is 7.80. The van der Waals surface area contributed by atoms with Gasteiger partial charge in [-0.2, -0.15) is 0 Å². The fraction of sp³-hybridized carbons (Fsp3) is 0.588. The molecule has 0 aromatic heterocycles. The average Bonchev–Trinajstić information content (AvgIpc) is 2.93. The van der Waals surface area contributed by atoms with Crippen LogP contribution in [0.3, 0.4) is 0 Å². The van der Waals surface area contributed by atoms with Crippen molar-refractivity contribution in [2.24, 2.45) is 5.92 Å². The maximum atomic E-state index is 12.6. The number of aryl methyl sites for hydroxylation is 1. The van der Waals surface area contributed by atoms with Gasteiger partial charge in [-0.25, -0.2) is 0 Å². The van der Waals surface area contributed by atoms with E-state index in [-0.39, 0.29) is 24.4 Å². The van der Waals surface area contributed by atoms with Crippen LogP contribution in [0.2, 0.25) is 0 Å². The number of hydrogen-bond donors (Lipinski definition) is 1. The summed E-state index contributed by atoms with van der Waals surface area (Å²) >= 11 is 0. The van der Waals surface area contributed by atoms with Crippen molar-refractivity contribution in [3.63, 3.8) is 0 Å². The van der Waals surface area contributed by atoms with Crippen LogP contribution in [0.5, 0.6) is 5.75 Å². The van der Waals surface area contributed by atoms with Gasteiger partial charge < -0.3 is 15.0 Å². The van der Waals surface area contributed by atoms with Gasteiger partial charge in [0.25, 0.3) is 5.91 Å². The SMILES string of the molecule is CCC(Oc1cccc(C)c1)C(=O)N1CCC(CNC)C1.Cl. The van der Waals surface area contributed by atoms with Crippen LogP contribution < -0.4 is 10.1 Å². The number of halogens is 1. The summed E-state index contributed by atoms with van der Waals surface area (Å²) in [4.78, 5) is 14.5. The molecule has 124 valence electrons. The Balaban J connectivity index is 0.00000242. The van der Waals surface area contributed by atoms with Crippen LogP contribution in [-0.2, 0) is 4.79 Å². The number of ether oxygens (including phenoxy) is 1. The van der Waals surface area contributed by atoms with E-state index in [1.165, 1.54) is 0 Å². The molecular formula is C17H27ClN2O2. The van der Waals surface area contributed by atoms with Crippen molar-refractivity contribution in [1.82, 2.24) is 10.2 Å². The first-order chi connectivity index (χ1) is 10.1. The first kappa shape index (κ1) is 18.8. The Morgan fingerprint density at radius 1 is 1.50 bits per heavy atom. The third kappa shape index (κ3) is 4.89. The summed E-state index contributed by atoms with van der Waals surface area (Å²) < 4.78 is 5.91. The minimum Gasteiger partial charge on any atom is -0.481 e. The summed E-state index contributed by atoms with van der Waals surface area (Å²) in [6.45, 7) is 6.68. The molecule has 1 amide bonds. The van der Waals surface area contributed by atoms with Crippen molar-refractivity contribution in [2.75, 3.05) is 26.7 Å². The van der Waals surface area contributed by atoms with Gasteiger partial charge in [0.2, 0.25) is 0 Å². The molecule has 1 N–H and O–H groups in total. The van der Waals surface area contributed by atoms with Crippen LogP contribution in [0.15, 0.2) is 24.3 Å². The predicted molar refractivity (Wildman–Crippen MR) is 91.7 cm³/mol. The second kappa shape index (κ2) is 9.01. The average molecular weight is 327 g/mol. The molecule has 1 saturated heterocycles. The molecule has 1 aliphatic heterocycles. The molecule has 4 nitrogen and oxygen atoms in total. The minimum atomic E-state index is -0.375. The van der Waals surface area contributed by atoms with Crippen molar-refractivity contribution in [3.05, 3.63) is 29.8 Å². The van der Waals surface area contributed by atoms with Crippen molar-refractivity contribution in [1.29, 1.82) is 0 Å². The number of amides is 1. The van der Waals surface area contributed by atoms with Crippen molar-refractivity contribution in [2.45, 2.75) is 32.8 Å². The van der Waals surface area contributed by atoms with Crippen molar-refractivity contribution >= 4 is 18.3 Å². The molecule has 0 radical (unpaired) electrons. The van der Waals surface area contributed by atoms with E-state index < -0.39 is 0 Å². The molecule has 2 rings (SSSR count). The number of nitrogens with zero attached hydrogens (tertiary/aromatic N) is 1. The molecule has 1 fully saturated rings. The van der Waals surface area contributed by atoms with E-state index in [0.29, 0.717) is 12.3 Å². The lowest BCUT2D eigenvalue weighted by Gasteiger charge is -2.23. The zero-order chi connectivity index (χ0) is 15.2. The van der Waals surface area contributed by atoms with E-state index in [4.69, 9.17) is 4.74 Å². The number of likely N-dealkylation sites (tertiary alicyclic amines) is 1. The molecule has 0 spiro atoms. The number of nitrogens with one attached hydrogen (secondary N) is 1. The Morgan fingerprint density at radius 3 is 2.91 bits per heavy atom. The summed E-state index contributed by atoms with van der Waals surface area (Å²) in [7, 11) is 1.96. The summed E-state index contributed by atoms with van der Waals surface area (Å²) in [5, 5.41) is 3.19. The van der Waals surface area contributed by atoms with E-state index in [2.05, 4.69) is 5.32 Å². The second-order valence-electron chi connectivity index (χ2n) is 5.83. The lowest BCUT2D eigenvalue weighted by molar-refractivity contribution is -0.137. The zero-order valence-corrected chi connectivity index (χ0v) is 14.5. The van der Waals surface area contributed by atoms with Gasteiger partial charge in [0, 0.05) is 13.1 Å². The minimum absolute atomic E-state index is 0. The second-order valence-corrected chi connectivity index (χ2v) is 5.83. The summed E-state index contributed by atoms with van der Waals surface area (Å²) in [5.41, 5.74) is 1.14. The zero-order valence-electron chi connectivity index (χ0n) is 13.7. The monoisotopic (exact) mass is 326 g/mol. The highest BCUT2D eigenvalue weighted by Gasteiger charge is 2.30. The molecule has 2 unspecified atom stereocenters. The normalized spacial score (nSPS) is 18.7. The maximum absolute atomic E-state index is 12.6. The number of hydrogen-bond acceptors (Lipinski definition) is 3. The Kier molecular flexibility index (Phi) is 7.69. The van der Waals surface area contributed by atoms with Crippen LogP contribution in [0, 0.1) is 12.8 Å². The largest absolute Gasteiger partial charge is 0.481 e. The van der Waals surface area contributed by atoms with E-state index in [0.717, 1.165) is 37.4 Å². The molecule has 5 heteroatoms. The van der Waals surface area contributed by atoms with Gasteiger partial charge in [0.15, 0.2) is 6.10 Å². The molecule has 0 bridgehead atoms. The maximum Gasteiger partial charge on any atom is 0.263 e. The highest BCUT2D eigenvalue weighted by Crippen LogP contribution is 2.20. The Bertz CT molecular complexity index is 481. The number of carbonyl (C=O) groups is 1. The molecule has 1 aromatic carbocycles. The standard InChI is InChI=1S/C17H26N2O2.ClH/c1-4-16(21-15-7-5-6-13(2)10-15)17(20)19-9-8-14(12-19)11-18-3;/h5-7,10,14,16,18H,4,8-9,11-12H2,1-3H3;1H. The number of benzene rings is 1. The molecule has 2 atom stereocenters. The highest BCUT2D eigenvalue weighted by molar-refractivity contribution is 5.85. The topological polar surface area (TPSA) is 41.6 Å². The third-order valence-electron chi connectivity index (χ3n) is 4.00. The Labute approximate surface area is 139 Å². The van der Waals surface area contributed by atoms with Gasteiger partial charge in [-0.3, -0.25) is 4.79 Å². The van der Waals surface area contributed by atoms with Crippen molar-refractivity contribution in [3.8, 4) is 5.75 Å². The fourth-order valence-corrected chi connectivity index (χ4v) is 2.85. The molecule has 1 heterocycles. The Hall–Kier alpha value is -1.26. The summed E-state index contributed by atoms with van der Waals surface area (Å²) in [6.07, 6.45) is 1.40. The van der Waals surface area contributed by atoms with Crippen LogP contribution in [-0.4, -0.2) is 43.6 Å². The van der Waals surface area contributed by atoms with Gasteiger partial charge >= 0.3 is 0 Å². The molecule has 1 aromatic rings. The number of rotatable bonds is 6. The summed E-state index contributed by atoms with van der Waals surface area (Å²) in [6, 6.07) is 7.87. The van der Waals surface area contributed by atoms with E-state index >= 15 is 0 Å². The third-order valence-corrected chi connectivity index (χ3v) is 4.00. The smallest absolute Gasteiger partial charge is 0.263 e. The quantitative estimate of drug-likeness (QED) is 0.873. The highest BCUT2D eigenvalue weighted by atomic mass is 35.5. The number of carbonyl (C=O) groups excluding carboxylic acids is 1. The fourth-order valence-electron chi connectivity index (χ4n) is 2.85. The molecule has 0 saturated carbocycles. The molecule has 22 heavy (non-hydrogen) atoms. The van der Waals surface area contributed by atoms with Crippen LogP contribution in [0.1, 0.15) is 25.3 Å². The Morgan fingerprint density at radius 2 is 2.27 bits per heavy atom. The first-order valence-electron chi connectivity index (χ1n) is 7.80. The van der Waals surface area contributed by atoms with Crippen LogP contribution in [0.25, 0.3) is 0 Å². The van der Waals surface area contributed by atoms with Gasteiger partial charge in [-0.05, 0) is 57.0 Å². The van der Waals surface area contributed by atoms with Crippen molar-refractivity contribution < 1.29 is 9.53 Å². The summed E-state index contributed by atoms with van der Waals surface area (Å²) in [5.74, 6) is 1.47. The van der Waals surface area contributed by atoms with E-state index in [9.17, 15) is 4.79 Å². The van der Waals surface area contributed by atoms with Crippen LogP contribution in [0.4, 0.5) is 0 Å².